The maximum atomic E-state index is 13.0. The van der Waals surface area contributed by atoms with Gasteiger partial charge in [0, 0.05) is 19.1 Å². The van der Waals surface area contributed by atoms with E-state index in [0.717, 1.165) is 12.1 Å². The second kappa shape index (κ2) is 8.76. The smallest absolute Gasteiger partial charge is 0.416 e. The zero-order valence-corrected chi connectivity index (χ0v) is 17.6. The number of piperidine rings is 1. The molecule has 33 heavy (non-hydrogen) atoms. The third-order valence-corrected chi connectivity index (χ3v) is 5.98. The first-order valence-corrected chi connectivity index (χ1v) is 10.5. The van der Waals surface area contributed by atoms with E-state index in [1.165, 1.54) is 16.7 Å². The molecule has 1 aliphatic rings. The molecule has 0 saturated carbocycles. The number of carbonyl (C=O) groups is 2. The Balaban J connectivity index is 1.45. The molecule has 0 bridgehead atoms. The van der Waals surface area contributed by atoms with Crippen molar-refractivity contribution in [1.82, 2.24) is 14.0 Å². The van der Waals surface area contributed by atoms with E-state index in [1.54, 1.807) is 33.7 Å². The Morgan fingerprint density at radius 3 is 2.15 bits per heavy atom. The highest BCUT2D eigenvalue weighted by Gasteiger charge is 2.30. The average molecular weight is 461 g/mol. The van der Waals surface area contributed by atoms with E-state index in [-0.39, 0.29) is 18.4 Å². The summed E-state index contributed by atoms with van der Waals surface area (Å²) in [5, 5.41) is 9.17. The average Bonchev–Trinajstić information content (AvgIpc) is 3.04. The van der Waals surface area contributed by atoms with Crippen molar-refractivity contribution in [3.8, 4) is 0 Å². The second-order valence-electron chi connectivity index (χ2n) is 8.10. The lowest BCUT2D eigenvalue weighted by molar-refractivity contribution is -0.138. The Kier molecular flexibility index (Phi) is 6.01. The van der Waals surface area contributed by atoms with Crippen LogP contribution in [0.25, 0.3) is 11.0 Å². The number of aliphatic carboxylic acids is 1. The van der Waals surface area contributed by atoms with Crippen molar-refractivity contribution in [3.05, 3.63) is 70.1 Å². The maximum absolute atomic E-state index is 13.0. The van der Waals surface area contributed by atoms with Gasteiger partial charge in [0.15, 0.2) is 0 Å². The molecule has 1 amide bonds. The minimum absolute atomic E-state index is 0.000666. The van der Waals surface area contributed by atoms with Crippen molar-refractivity contribution in [1.29, 1.82) is 0 Å². The fourth-order valence-electron chi connectivity index (χ4n) is 4.34. The Labute approximate surface area is 186 Å². The van der Waals surface area contributed by atoms with Crippen LogP contribution in [0.3, 0.4) is 0 Å². The van der Waals surface area contributed by atoms with Crippen LogP contribution in [0.2, 0.25) is 0 Å². The summed E-state index contributed by atoms with van der Waals surface area (Å²) in [7, 11) is 0. The van der Waals surface area contributed by atoms with E-state index in [4.69, 9.17) is 0 Å². The molecule has 0 aliphatic carbocycles. The van der Waals surface area contributed by atoms with Crippen molar-refractivity contribution < 1.29 is 27.9 Å². The SMILES string of the molecule is O=C(O)Cn1c(=O)n(C2CCN(C(=O)Cc3ccc(C(F)(F)F)cc3)CC2)c2ccccc21. The normalized spacial score (nSPS) is 15.2. The Morgan fingerprint density at radius 1 is 0.970 bits per heavy atom. The predicted molar refractivity (Wildman–Crippen MR) is 114 cm³/mol. The van der Waals surface area contributed by atoms with Gasteiger partial charge < -0.3 is 10.0 Å². The first kappa shape index (κ1) is 22.6. The number of carboxylic acids is 1. The second-order valence-corrected chi connectivity index (χ2v) is 8.10. The van der Waals surface area contributed by atoms with Gasteiger partial charge in [-0.15, -0.1) is 0 Å². The zero-order valence-electron chi connectivity index (χ0n) is 17.6. The quantitative estimate of drug-likeness (QED) is 0.632. The number of imidazole rings is 1. The minimum atomic E-state index is -4.42. The van der Waals surface area contributed by atoms with Gasteiger partial charge in [-0.1, -0.05) is 24.3 Å². The monoisotopic (exact) mass is 461 g/mol. The van der Waals surface area contributed by atoms with Crippen LogP contribution in [-0.4, -0.2) is 44.1 Å². The van der Waals surface area contributed by atoms with Crippen LogP contribution in [0.4, 0.5) is 13.2 Å². The first-order valence-electron chi connectivity index (χ1n) is 10.5. The van der Waals surface area contributed by atoms with Crippen LogP contribution in [0.1, 0.15) is 30.0 Å². The van der Waals surface area contributed by atoms with Gasteiger partial charge in [0.25, 0.3) is 0 Å². The number of amides is 1. The van der Waals surface area contributed by atoms with Crippen LogP contribution >= 0.6 is 0 Å². The largest absolute Gasteiger partial charge is 0.480 e. The number of carbonyl (C=O) groups excluding carboxylic acids is 1. The highest BCUT2D eigenvalue weighted by Crippen LogP contribution is 2.29. The fraction of sp³-hybridized carbons (Fsp3) is 0.348. The van der Waals surface area contributed by atoms with Gasteiger partial charge in [-0.3, -0.25) is 18.7 Å². The number of aromatic nitrogens is 2. The molecule has 3 aromatic rings. The van der Waals surface area contributed by atoms with E-state index in [2.05, 4.69) is 0 Å². The number of para-hydroxylation sites is 2. The number of likely N-dealkylation sites (tertiary alicyclic amines) is 1. The molecule has 0 unspecified atom stereocenters. The molecule has 0 spiro atoms. The standard InChI is InChI=1S/C23H22F3N3O4/c24-23(25,26)16-7-5-15(6-8-16)13-20(30)27-11-9-17(10-12-27)29-19-4-2-1-3-18(19)28(22(29)33)14-21(31)32/h1-8,17H,9-14H2,(H,31,32). The maximum Gasteiger partial charge on any atom is 0.416 e. The van der Waals surface area contributed by atoms with Gasteiger partial charge in [0.05, 0.1) is 23.0 Å². The summed E-state index contributed by atoms with van der Waals surface area (Å²) < 4.78 is 41.0. The van der Waals surface area contributed by atoms with Crippen LogP contribution in [-0.2, 0) is 28.7 Å². The van der Waals surface area contributed by atoms with Gasteiger partial charge in [-0.2, -0.15) is 13.2 Å². The van der Waals surface area contributed by atoms with Crippen LogP contribution in [0, 0.1) is 0 Å². The molecule has 0 radical (unpaired) electrons. The van der Waals surface area contributed by atoms with Gasteiger partial charge in [-0.25, -0.2) is 4.79 Å². The summed E-state index contributed by atoms with van der Waals surface area (Å²) in [6.07, 6.45) is -3.39. The van der Waals surface area contributed by atoms with E-state index >= 15 is 0 Å². The number of nitrogens with zero attached hydrogens (tertiary/aromatic N) is 3. The summed E-state index contributed by atoms with van der Waals surface area (Å²) >= 11 is 0. The van der Waals surface area contributed by atoms with Crippen molar-refractivity contribution in [2.45, 2.75) is 38.0 Å². The summed E-state index contributed by atoms with van der Waals surface area (Å²) in [5.41, 5.74) is 0.548. The van der Waals surface area contributed by atoms with Gasteiger partial charge in [0.2, 0.25) is 5.91 Å². The lowest BCUT2D eigenvalue weighted by atomic mass is 10.0. The summed E-state index contributed by atoms with van der Waals surface area (Å²) in [4.78, 5) is 38.5. The Morgan fingerprint density at radius 2 is 1.58 bits per heavy atom. The van der Waals surface area contributed by atoms with E-state index in [0.29, 0.717) is 42.5 Å². The number of benzene rings is 2. The van der Waals surface area contributed by atoms with E-state index < -0.39 is 29.9 Å². The van der Waals surface area contributed by atoms with Crippen molar-refractivity contribution in [3.63, 3.8) is 0 Å². The molecule has 1 N–H and O–H groups in total. The third-order valence-electron chi connectivity index (χ3n) is 5.98. The van der Waals surface area contributed by atoms with E-state index in [9.17, 15) is 32.7 Å². The predicted octanol–water partition coefficient (Wildman–Crippen LogP) is 3.31. The van der Waals surface area contributed by atoms with Gasteiger partial charge >= 0.3 is 17.8 Å². The van der Waals surface area contributed by atoms with Crippen molar-refractivity contribution in [2.24, 2.45) is 0 Å². The Hall–Kier alpha value is -3.56. The summed E-state index contributed by atoms with van der Waals surface area (Å²) in [6, 6.07) is 11.4. The molecule has 1 saturated heterocycles. The third kappa shape index (κ3) is 4.64. The number of alkyl halides is 3. The zero-order chi connectivity index (χ0) is 23.8. The van der Waals surface area contributed by atoms with Gasteiger partial charge in [0.1, 0.15) is 6.54 Å². The van der Waals surface area contributed by atoms with E-state index in [1.807, 2.05) is 0 Å². The molecule has 174 valence electrons. The molecule has 1 aliphatic heterocycles. The highest BCUT2D eigenvalue weighted by atomic mass is 19.4. The molecule has 7 nitrogen and oxygen atoms in total. The molecule has 2 aromatic carbocycles. The number of fused-ring (bicyclic) bond motifs is 1. The number of hydrogen-bond acceptors (Lipinski definition) is 3. The minimum Gasteiger partial charge on any atom is -0.480 e. The molecule has 10 heteroatoms. The van der Waals surface area contributed by atoms with Gasteiger partial charge in [-0.05, 0) is 42.7 Å². The summed E-state index contributed by atoms with van der Waals surface area (Å²) in [5.74, 6) is -1.29. The molecule has 0 atom stereocenters. The molecule has 2 heterocycles. The number of carboxylic acid groups (broad SMARTS) is 1. The number of rotatable bonds is 5. The van der Waals surface area contributed by atoms with Crippen molar-refractivity contribution in [2.75, 3.05) is 13.1 Å². The number of hydrogen-bond donors (Lipinski definition) is 1. The van der Waals surface area contributed by atoms with Crippen molar-refractivity contribution >= 4 is 22.9 Å². The molecule has 1 fully saturated rings. The molecule has 4 rings (SSSR count). The fourth-order valence-corrected chi connectivity index (χ4v) is 4.34. The first-order chi connectivity index (χ1) is 15.6. The Bertz CT molecular complexity index is 1240. The van der Waals surface area contributed by atoms with Crippen LogP contribution in [0.5, 0.6) is 0 Å². The lowest BCUT2D eigenvalue weighted by Gasteiger charge is -2.32. The lowest BCUT2D eigenvalue weighted by Crippen LogP contribution is -2.41. The van der Waals surface area contributed by atoms with Crippen LogP contribution < -0.4 is 5.69 Å². The molecular formula is C23H22F3N3O4. The number of halogens is 3. The molecule has 1 aromatic heterocycles. The molecular weight excluding hydrogens is 439 g/mol. The highest BCUT2D eigenvalue weighted by molar-refractivity contribution is 5.79. The topological polar surface area (TPSA) is 84.5 Å². The summed E-state index contributed by atoms with van der Waals surface area (Å²) in [6.45, 7) is 0.362. The van der Waals surface area contributed by atoms with Crippen LogP contribution in [0.15, 0.2) is 53.3 Å².